The third-order valence-corrected chi connectivity index (χ3v) is 4.49. The maximum atomic E-state index is 12.3. The van der Waals surface area contributed by atoms with Crippen molar-refractivity contribution in [2.45, 2.75) is 0 Å². The molecule has 0 fully saturated rings. The number of nitrogens with zero attached hydrogens (tertiary/aromatic N) is 1. The number of hydrogen-bond acceptors (Lipinski definition) is 4. The molecule has 0 unspecified atom stereocenters. The first-order valence-electron chi connectivity index (χ1n) is 7.64. The zero-order valence-electron chi connectivity index (χ0n) is 13.0. The number of fused-ring (bicyclic) bond motifs is 1. The van der Waals surface area contributed by atoms with Gasteiger partial charge in [-0.15, -0.1) is 0 Å². The molecule has 4 rings (SSSR count). The van der Waals surface area contributed by atoms with Crippen molar-refractivity contribution in [2.75, 3.05) is 0 Å². The summed E-state index contributed by atoms with van der Waals surface area (Å²) in [6.07, 6.45) is 0. The smallest absolute Gasteiger partial charge is 0.344 e. The number of halogens is 1. The summed E-state index contributed by atoms with van der Waals surface area (Å²) in [6.45, 7) is 0. The van der Waals surface area contributed by atoms with Gasteiger partial charge < -0.3 is 9.26 Å². The monoisotopic (exact) mass is 393 g/mol. The van der Waals surface area contributed by atoms with Gasteiger partial charge in [0.05, 0.1) is 5.56 Å². The third-order valence-electron chi connectivity index (χ3n) is 3.80. The number of carbonyl (C=O) groups excluding carboxylic acids is 1. The zero-order valence-corrected chi connectivity index (χ0v) is 14.6. The van der Waals surface area contributed by atoms with Gasteiger partial charge in [-0.25, -0.2) is 4.79 Å². The second kappa shape index (κ2) is 6.53. The SMILES string of the molecule is O=C(Oc1ccc2c(-c3ccccc3)noc2c1)c1ccccc1Br. The number of hydrogen-bond donors (Lipinski definition) is 0. The summed E-state index contributed by atoms with van der Waals surface area (Å²) in [5.41, 5.74) is 2.76. The third kappa shape index (κ3) is 3.06. The van der Waals surface area contributed by atoms with Crippen LogP contribution in [-0.4, -0.2) is 11.1 Å². The number of benzene rings is 3. The largest absolute Gasteiger partial charge is 0.423 e. The first-order chi connectivity index (χ1) is 12.2. The quantitative estimate of drug-likeness (QED) is 0.341. The van der Waals surface area contributed by atoms with Gasteiger partial charge in [0, 0.05) is 21.5 Å². The van der Waals surface area contributed by atoms with Crippen LogP contribution in [0.4, 0.5) is 0 Å². The van der Waals surface area contributed by atoms with Crippen molar-refractivity contribution in [3.8, 4) is 17.0 Å². The molecule has 0 spiro atoms. The van der Waals surface area contributed by atoms with Crippen molar-refractivity contribution < 1.29 is 14.1 Å². The van der Waals surface area contributed by atoms with Crippen LogP contribution in [0.5, 0.6) is 5.75 Å². The molecule has 0 saturated carbocycles. The Morgan fingerprint density at radius 2 is 1.72 bits per heavy atom. The van der Waals surface area contributed by atoms with Crippen molar-refractivity contribution in [3.05, 3.63) is 82.8 Å². The van der Waals surface area contributed by atoms with Crippen LogP contribution in [0.2, 0.25) is 0 Å². The van der Waals surface area contributed by atoms with E-state index in [9.17, 15) is 4.79 Å². The van der Waals surface area contributed by atoms with Crippen molar-refractivity contribution in [1.82, 2.24) is 5.16 Å². The summed E-state index contributed by atoms with van der Waals surface area (Å²) >= 11 is 3.35. The first kappa shape index (κ1) is 15.6. The lowest BCUT2D eigenvalue weighted by Gasteiger charge is -2.05. The topological polar surface area (TPSA) is 52.3 Å². The summed E-state index contributed by atoms with van der Waals surface area (Å²) in [5.74, 6) is -0.0290. The summed E-state index contributed by atoms with van der Waals surface area (Å²) in [5, 5.41) is 5.00. The molecule has 0 N–H and O–H groups in total. The average molecular weight is 394 g/mol. The number of esters is 1. The molecule has 1 heterocycles. The summed E-state index contributed by atoms with van der Waals surface area (Å²) in [4.78, 5) is 12.3. The summed E-state index contributed by atoms with van der Waals surface area (Å²) in [6, 6.07) is 22.2. The van der Waals surface area contributed by atoms with Gasteiger partial charge in [0.25, 0.3) is 0 Å². The van der Waals surface area contributed by atoms with E-state index in [0.717, 1.165) is 16.6 Å². The van der Waals surface area contributed by atoms with Crippen LogP contribution in [0.1, 0.15) is 10.4 Å². The van der Waals surface area contributed by atoms with Crippen LogP contribution in [0.15, 0.2) is 81.8 Å². The lowest BCUT2D eigenvalue weighted by Crippen LogP contribution is -2.08. The van der Waals surface area contributed by atoms with E-state index in [2.05, 4.69) is 21.1 Å². The fraction of sp³-hybridized carbons (Fsp3) is 0. The van der Waals surface area contributed by atoms with Gasteiger partial charge in [-0.3, -0.25) is 0 Å². The summed E-state index contributed by atoms with van der Waals surface area (Å²) < 4.78 is 11.5. The van der Waals surface area contributed by atoms with Gasteiger partial charge >= 0.3 is 5.97 Å². The molecule has 0 bridgehead atoms. The Bertz CT molecular complexity index is 1060. The van der Waals surface area contributed by atoms with E-state index < -0.39 is 5.97 Å². The van der Waals surface area contributed by atoms with E-state index in [1.807, 2.05) is 42.5 Å². The molecule has 122 valence electrons. The van der Waals surface area contributed by atoms with Gasteiger partial charge in [-0.1, -0.05) is 47.6 Å². The van der Waals surface area contributed by atoms with Gasteiger partial charge in [-0.05, 0) is 40.2 Å². The van der Waals surface area contributed by atoms with Crippen molar-refractivity contribution >= 4 is 32.9 Å². The molecule has 1 aromatic heterocycles. The van der Waals surface area contributed by atoms with Crippen LogP contribution >= 0.6 is 15.9 Å². The van der Waals surface area contributed by atoms with Crippen molar-refractivity contribution in [1.29, 1.82) is 0 Å². The molecule has 0 saturated heterocycles. The number of ether oxygens (including phenoxy) is 1. The molecule has 25 heavy (non-hydrogen) atoms. The van der Waals surface area contributed by atoms with E-state index in [4.69, 9.17) is 9.26 Å². The average Bonchev–Trinajstić information content (AvgIpc) is 3.06. The molecule has 3 aromatic carbocycles. The zero-order chi connectivity index (χ0) is 17.2. The molecule has 5 heteroatoms. The minimum Gasteiger partial charge on any atom is -0.423 e. The highest BCUT2D eigenvalue weighted by atomic mass is 79.9. The van der Waals surface area contributed by atoms with Gasteiger partial charge in [-0.2, -0.15) is 0 Å². The Kier molecular flexibility index (Phi) is 4.07. The highest BCUT2D eigenvalue weighted by Gasteiger charge is 2.15. The van der Waals surface area contributed by atoms with E-state index >= 15 is 0 Å². The number of aromatic nitrogens is 1. The lowest BCUT2D eigenvalue weighted by molar-refractivity contribution is 0.0734. The second-order valence-corrected chi connectivity index (χ2v) is 6.28. The Morgan fingerprint density at radius 3 is 2.52 bits per heavy atom. The standard InChI is InChI=1S/C20H12BrNO3/c21-17-9-5-4-8-15(17)20(23)24-14-10-11-16-18(12-14)25-22-19(16)13-6-2-1-3-7-13/h1-12H. The molecule has 0 amide bonds. The Balaban J connectivity index is 1.65. The predicted molar refractivity (Wildman–Crippen MR) is 98.5 cm³/mol. The first-order valence-corrected chi connectivity index (χ1v) is 8.43. The highest BCUT2D eigenvalue weighted by Crippen LogP contribution is 2.30. The molecule has 0 aliphatic heterocycles. The molecule has 4 aromatic rings. The fourth-order valence-electron chi connectivity index (χ4n) is 2.57. The van der Waals surface area contributed by atoms with Crippen LogP contribution < -0.4 is 4.74 Å². The van der Waals surface area contributed by atoms with E-state index in [0.29, 0.717) is 21.4 Å². The van der Waals surface area contributed by atoms with Crippen LogP contribution in [0, 0.1) is 0 Å². The Labute approximate surface area is 152 Å². The van der Waals surface area contributed by atoms with Gasteiger partial charge in [0.1, 0.15) is 11.4 Å². The van der Waals surface area contributed by atoms with Crippen LogP contribution in [-0.2, 0) is 0 Å². The van der Waals surface area contributed by atoms with Crippen LogP contribution in [0.25, 0.3) is 22.2 Å². The maximum Gasteiger partial charge on any atom is 0.344 e. The van der Waals surface area contributed by atoms with Gasteiger partial charge in [0.2, 0.25) is 0 Å². The molecule has 0 atom stereocenters. The molecular weight excluding hydrogens is 382 g/mol. The van der Waals surface area contributed by atoms with Crippen molar-refractivity contribution in [2.24, 2.45) is 0 Å². The highest BCUT2D eigenvalue weighted by molar-refractivity contribution is 9.10. The number of rotatable bonds is 3. The second-order valence-electron chi connectivity index (χ2n) is 5.42. The maximum absolute atomic E-state index is 12.3. The summed E-state index contributed by atoms with van der Waals surface area (Å²) in [7, 11) is 0. The lowest BCUT2D eigenvalue weighted by atomic mass is 10.1. The normalized spacial score (nSPS) is 10.8. The molecule has 4 nitrogen and oxygen atoms in total. The Morgan fingerprint density at radius 1 is 0.960 bits per heavy atom. The molecule has 0 radical (unpaired) electrons. The predicted octanol–water partition coefficient (Wildman–Crippen LogP) is 5.48. The van der Waals surface area contributed by atoms with E-state index in [1.165, 1.54) is 0 Å². The van der Waals surface area contributed by atoms with Crippen LogP contribution in [0.3, 0.4) is 0 Å². The van der Waals surface area contributed by atoms with Crippen molar-refractivity contribution in [3.63, 3.8) is 0 Å². The molecule has 0 aliphatic carbocycles. The van der Waals surface area contributed by atoms with E-state index in [1.54, 1.807) is 30.3 Å². The van der Waals surface area contributed by atoms with E-state index in [-0.39, 0.29) is 0 Å². The Hall–Kier alpha value is -2.92. The number of carbonyl (C=O) groups is 1. The molecular formula is C20H12BrNO3. The molecule has 0 aliphatic rings. The minimum atomic E-state index is -0.436. The fourth-order valence-corrected chi connectivity index (χ4v) is 3.02. The minimum absolute atomic E-state index is 0.406. The van der Waals surface area contributed by atoms with Gasteiger partial charge in [0.15, 0.2) is 5.58 Å².